The van der Waals surface area contributed by atoms with Gasteiger partial charge < -0.3 is 9.47 Å². The quantitative estimate of drug-likeness (QED) is 0.629. The van der Waals surface area contributed by atoms with Crippen molar-refractivity contribution in [3.63, 3.8) is 0 Å². The first kappa shape index (κ1) is 18.9. The smallest absolute Gasteiger partial charge is 0.257 e. The van der Waals surface area contributed by atoms with Gasteiger partial charge in [0.25, 0.3) is 5.91 Å². The Morgan fingerprint density at radius 1 is 1.33 bits per heavy atom. The number of aromatic nitrogens is 2. The molecule has 1 amide bonds. The lowest BCUT2D eigenvalue weighted by Crippen LogP contribution is -2.14. The summed E-state index contributed by atoms with van der Waals surface area (Å²) < 4.78 is 2.20. The maximum absolute atomic E-state index is 12.6. The lowest BCUT2D eigenvalue weighted by molar-refractivity contribution is 0.102. The summed E-state index contributed by atoms with van der Waals surface area (Å²) in [6.07, 6.45) is 1.89. The Morgan fingerprint density at radius 2 is 2.11 bits per heavy atom. The summed E-state index contributed by atoms with van der Waals surface area (Å²) in [5.41, 5.74) is 5.87. The van der Waals surface area contributed by atoms with Gasteiger partial charge in [-0.05, 0) is 38.1 Å². The van der Waals surface area contributed by atoms with Gasteiger partial charge in [0.15, 0.2) is 5.13 Å². The number of amides is 1. The highest BCUT2D eigenvalue weighted by molar-refractivity contribution is 7.14. The van der Waals surface area contributed by atoms with Crippen LogP contribution in [0.3, 0.4) is 0 Å². The van der Waals surface area contributed by atoms with E-state index in [0.29, 0.717) is 10.7 Å². The van der Waals surface area contributed by atoms with Gasteiger partial charge >= 0.3 is 0 Å². The summed E-state index contributed by atoms with van der Waals surface area (Å²) in [6, 6.07) is 9.65. The van der Waals surface area contributed by atoms with Gasteiger partial charge in [-0.25, -0.2) is 4.98 Å². The van der Waals surface area contributed by atoms with Gasteiger partial charge in [0.1, 0.15) is 0 Å². The fourth-order valence-corrected chi connectivity index (χ4v) is 3.73. The number of thiazole rings is 1. The van der Waals surface area contributed by atoms with Gasteiger partial charge in [-0.1, -0.05) is 12.1 Å². The number of aryl methyl sites for hydroxylation is 1. The zero-order valence-corrected chi connectivity index (χ0v) is 16.9. The van der Waals surface area contributed by atoms with Gasteiger partial charge in [0.2, 0.25) is 0 Å². The van der Waals surface area contributed by atoms with Crippen LogP contribution in [0.25, 0.3) is 11.3 Å². The van der Waals surface area contributed by atoms with E-state index in [9.17, 15) is 4.79 Å². The van der Waals surface area contributed by atoms with Crippen molar-refractivity contribution in [2.24, 2.45) is 0 Å². The van der Waals surface area contributed by atoms with Crippen LogP contribution >= 0.6 is 11.3 Å². The average molecular weight is 381 g/mol. The second kappa shape index (κ2) is 7.80. The van der Waals surface area contributed by atoms with Gasteiger partial charge in [0.05, 0.1) is 5.69 Å². The fraction of sp³-hybridized carbons (Fsp3) is 0.238. The zero-order chi connectivity index (χ0) is 19.6. The van der Waals surface area contributed by atoms with Crippen LogP contribution in [0.1, 0.15) is 21.7 Å². The Hall–Kier alpha value is -2.86. The molecule has 3 rings (SSSR count). The minimum atomic E-state index is -0.156. The molecular weight excluding hydrogens is 356 g/mol. The molecule has 3 aromatic rings. The highest BCUT2D eigenvalue weighted by Gasteiger charge is 2.15. The standard InChI is InChI=1S/C21H24N4OS/c1-6-10-25-14(2)11-18(15(25)3)19-13-27-21(22-19)23-20(26)16-8-7-9-17(12-16)24(4)5/h6-9,11-13H,1,10H2,2-5H3,(H,22,23,26). The number of nitrogens with zero attached hydrogens (tertiary/aromatic N) is 3. The molecule has 0 aliphatic carbocycles. The minimum absolute atomic E-state index is 0.156. The maximum atomic E-state index is 12.6. The van der Waals surface area contributed by atoms with E-state index in [-0.39, 0.29) is 5.91 Å². The Bertz CT molecular complexity index is 984. The first-order chi connectivity index (χ1) is 12.9. The molecule has 6 heteroatoms. The van der Waals surface area contributed by atoms with E-state index in [0.717, 1.165) is 29.2 Å². The second-order valence-electron chi connectivity index (χ2n) is 6.62. The van der Waals surface area contributed by atoms with Crippen molar-refractivity contribution in [3.05, 3.63) is 65.3 Å². The number of anilines is 2. The third-order valence-corrected chi connectivity index (χ3v) is 5.27. The molecule has 1 aromatic carbocycles. The summed E-state index contributed by atoms with van der Waals surface area (Å²) in [5, 5.41) is 5.48. The van der Waals surface area contributed by atoms with Gasteiger partial charge in [-0.2, -0.15) is 0 Å². The molecule has 0 atom stereocenters. The number of benzene rings is 1. The molecule has 0 aliphatic rings. The van der Waals surface area contributed by atoms with Crippen molar-refractivity contribution in [3.8, 4) is 11.3 Å². The van der Waals surface area contributed by atoms with E-state index in [1.807, 2.05) is 48.7 Å². The van der Waals surface area contributed by atoms with Crippen molar-refractivity contribution in [2.45, 2.75) is 20.4 Å². The van der Waals surface area contributed by atoms with Gasteiger partial charge in [-0.15, -0.1) is 17.9 Å². The highest BCUT2D eigenvalue weighted by atomic mass is 32.1. The molecule has 0 spiro atoms. The van der Waals surface area contributed by atoms with Crippen molar-refractivity contribution >= 4 is 28.1 Å². The van der Waals surface area contributed by atoms with Crippen LogP contribution in [0.4, 0.5) is 10.8 Å². The zero-order valence-electron chi connectivity index (χ0n) is 16.1. The molecule has 5 nitrogen and oxygen atoms in total. The van der Waals surface area contributed by atoms with Gasteiger partial charge in [0, 0.05) is 54.2 Å². The van der Waals surface area contributed by atoms with E-state index in [1.165, 1.54) is 17.0 Å². The molecule has 2 aromatic heterocycles. The summed E-state index contributed by atoms with van der Waals surface area (Å²) >= 11 is 1.43. The SMILES string of the molecule is C=CCn1c(C)cc(-c2csc(NC(=O)c3cccc(N(C)C)c3)n2)c1C. The molecule has 0 aliphatic heterocycles. The molecule has 2 heterocycles. The lowest BCUT2D eigenvalue weighted by atomic mass is 10.2. The number of hydrogen-bond donors (Lipinski definition) is 1. The number of carbonyl (C=O) groups excluding carboxylic acids is 1. The molecule has 27 heavy (non-hydrogen) atoms. The molecular formula is C21H24N4OS. The average Bonchev–Trinajstić information content (AvgIpc) is 3.21. The minimum Gasteiger partial charge on any atom is -0.378 e. The third-order valence-electron chi connectivity index (χ3n) is 4.51. The normalized spacial score (nSPS) is 10.7. The van der Waals surface area contributed by atoms with Crippen molar-refractivity contribution < 1.29 is 4.79 Å². The van der Waals surface area contributed by atoms with Crippen LogP contribution in [0.15, 0.2) is 48.4 Å². The molecule has 1 N–H and O–H groups in total. The third kappa shape index (κ3) is 3.95. The Morgan fingerprint density at radius 3 is 2.81 bits per heavy atom. The fourth-order valence-electron chi connectivity index (χ4n) is 3.02. The summed E-state index contributed by atoms with van der Waals surface area (Å²) in [6.45, 7) is 8.75. The number of carbonyl (C=O) groups is 1. The van der Waals surface area contributed by atoms with Crippen LogP contribution in [0, 0.1) is 13.8 Å². The van der Waals surface area contributed by atoms with Crippen molar-refractivity contribution in [2.75, 3.05) is 24.3 Å². The Balaban J connectivity index is 1.81. The van der Waals surface area contributed by atoms with Crippen LogP contribution < -0.4 is 10.2 Å². The van der Waals surface area contributed by atoms with Crippen molar-refractivity contribution in [1.82, 2.24) is 9.55 Å². The van der Waals surface area contributed by atoms with Gasteiger partial charge in [-0.3, -0.25) is 10.1 Å². The molecule has 0 saturated heterocycles. The van der Waals surface area contributed by atoms with E-state index < -0.39 is 0 Å². The van der Waals surface area contributed by atoms with E-state index in [2.05, 4.69) is 41.4 Å². The van der Waals surface area contributed by atoms with Crippen LogP contribution in [-0.2, 0) is 6.54 Å². The number of allylic oxidation sites excluding steroid dienone is 1. The largest absolute Gasteiger partial charge is 0.378 e. The monoisotopic (exact) mass is 380 g/mol. The number of rotatable bonds is 6. The molecule has 0 saturated carbocycles. The van der Waals surface area contributed by atoms with E-state index in [4.69, 9.17) is 0 Å². The Labute approximate surface area is 164 Å². The van der Waals surface area contributed by atoms with Crippen LogP contribution in [0.2, 0.25) is 0 Å². The van der Waals surface area contributed by atoms with Crippen LogP contribution in [0.5, 0.6) is 0 Å². The molecule has 0 unspecified atom stereocenters. The Kier molecular flexibility index (Phi) is 5.46. The van der Waals surface area contributed by atoms with Crippen molar-refractivity contribution in [1.29, 1.82) is 0 Å². The van der Waals surface area contributed by atoms with E-state index in [1.54, 1.807) is 6.07 Å². The number of hydrogen-bond acceptors (Lipinski definition) is 4. The first-order valence-electron chi connectivity index (χ1n) is 8.73. The molecule has 0 radical (unpaired) electrons. The second-order valence-corrected chi connectivity index (χ2v) is 7.48. The highest BCUT2D eigenvalue weighted by Crippen LogP contribution is 2.30. The molecule has 0 bridgehead atoms. The maximum Gasteiger partial charge on any atom is 0.257 e. The van der Waals surface area contributed by atoms with Crippen LogP contribution in [-0.4, -0.2) is 29.6 Å². The summed E-state index contributed by atoms with van der Waals surface area (Å²) in [7, 11) is 3.90. The van der Waals surface area contributed by atoms with E-state index >= 15 is 0 Å². The summed E-state index contributed by atoms with van der Waals surface area (Å²) in [4.78, 5) is 19.2. The number of nitrogens with one attached hydrogen (secondary N) is 1. The predicted molar refractivity (Wildman–Crippen MR) is 114 cm³/mol. The predicted octanol–water partition coefficient (Wildman–Crippen LogP) is 4.73. The molecule has 0 fully saturated rings. The lowest BCUT2D eigenvalue weighted by Gasteiger charge is -2.13. The first-order valence-corrected chi connectivity index (χ1v) is 9.61. The molecule has 140 valence electrons. The summed E-state index contributed by atoms with van der Waals surface area (Å²) in [5.74, 6) is -0.156. The topological polar surface area (TPSA) is 50.2 Å².